The van der Waals surface area contributed by atoms with E-state index in [2.05, 4.69) is 5.32 Å². The van der Waals surface area contributed by atoms with Crippen molar-refractivity contribution in [2.45, 2.75) is 53.1 Å². The van der Waals surface area contributed by atoms with Gasteiger partial charge in [0.05, 0.1) is 18.0 Å². The third-order valence-corrected chi connectivity index (χ3v) is 6.72. The van der Waals surface area contributed by atoms with Crippen LogP contribution in [0.4, 0.5) is 5.69 Å². The SMILES string of the molecule is CC[C@@H](C(=O)N[C@H](C)c1ccc(C)c(C)c1)N(c1ccc(C)c(Cl)c1)S(C)(=O)=O. The summed E-state index contributed by atoms with van der Waals surface area (Å²) in [6, 6.07) is 9.90. The first kappa shape index (κ1) is 23.2. The number of anilines is 1. The highest BCUT2D eigenvalue weighted by atomic mass is 35.5. The second-order valence-corrected chi connectivity index (χ2v) is 9.76. The molecule has 2 aromatic carbocycles. The average molecular weight is 437 g/mol. The maximum absolute atomic E-state index is 13.1. The summed E-state index contributed by atoms with van der Waals surface area (Å²) < 4.78 is 26.3. The van der Waals surface area contributed by atoms with Gasteiger partial charge in [0.25, 0.3) is 0 Å². The molecule has 0 spiro atoms. The third kappa shape index (κ3) is 5.52. The zero-order valence-electron chi connectivity index (χ0n) is 17.8. The first-order valence-corrected chi connectivity index (χ1v) is 11.8. The monoisotopic (exact) mass is 436 g/mol. The van der Waals surface area contributed by atoms with Crippen molar-refractivity contribution in [3.8, 4) is 0 Å². The molecule has 0 radical (unpaired) electrons. The molecule has 0 aliphatic carbocycles. The van der Waals surface area contributed by atoms with Crippen LogP contribution < -0.4 is 9.62 Å². The van der Waals surface area contributed by atoms with E-state index < -0.39 is 16.1 Å². The molecule has 0 aromatic heterocycles. The average Bonchev–Trinajstić information content (AvgIpc) is 2.63. The molecule has 0 saturated heterocycles. The number of halogens is 1. The summed E-state index contributed by atoms with van der Waals surface area (Å²) >= 11 is 6.21. The molecule has 29 heavy (non-hydrogen) atoms. The van der Waals surface area contributed by atoms with E-state index in [4.69, 9.17) is 11.6 Å². The number of benzene rings is 2. The largest absolute Gasteiger partial charge is 0.348 e. The van der Waals surface area contributed by atoms with Gasteiger partial charge in [-0.3, -0.25) is 9.10 Å². The van der Waals surface area contributed by atoms with Crippen LogP contribution in [0, 0.1) is 20.8 Å². The minimum absolute atomic E-state index is 0.251. The minimum atomic E-state index is -3.70. The first-order valence-electron chi connectivity index (χ1n) is 9.58. The van der Waals surface area contributed by atoms with Crippen molar-refractivity contribution in [1.29, 1.82) is 0 Å². The molecule has 2 aromatic rings. The fourth-order valence-corrected chi connectivity index (χ4v) is 4.58. The van der Waals surface area contributed by atoms with Gasteiger partial charge in [0.2, 0.25) is 15.9 Å². The predicted molar refractivity (Wildman–Crippen MR) is 120 cm³/mol. The molecule has 0 heterocycles. The van der Waals surface area contributed by atoms with Gasteiger partial charge in [-0.1, -0.05) is 42.8 Å². The van der Waals surface area contributed by atoms with Crippen molar-refractivity contribution in [3.63, 3.8) is 0 Å². The quantitative estimate of drug-likeness (QED) is 0.684. The Hall–Kier alpha value is -2.05. The molecule has 1 amide bonds. The Morgan fingerprint density at radius 1 is 1.07 bits per heavy atom. The number of hydrogen-bond acceptors (Lipinski definition) is 3. The normalized spacial score (nSPS) is 13.6. The molecule has 0 aliphatic heterocycles. The number of rotatable bonds is 7. The summed E-state index contributed by atoms with van der Waals surface area (Å²) in [6.07, 6.45) is 1.42. The Morgan fingerprint density at radius 2 is 1.69 bits per heavy atom. The number of nitrogens with zero attached hydrogens (tertiary/aromatic N) is 1. The van der Waals surface area contributed by atoms with Crippen LogP contribution >= 0.6 is 11.6 Å². The van der Waals surface area contributed by atoms with Gasteiger partial charge in [0.15, 0.2) is 0 Å². The Balaban J connectivity index is 2.34. The van der Waals surface area contributed by atoms with Crippen LogP contribution in [0.15, 0.2) is 36.4 Å². The molecular formula is C22H29ClN2O3S. The van der Waals surface area contributed by atoms with Gasteiger partial charge in [-0.2, -0.15) is 0 Å². The van der Waals surface area contributed by atoms with E-state index in [9.17, 15) is 13.2 Å². The fourth-order valence-electron chi connectivity index (χ4n) is 3.21. The van der Waals surface area contributed by atoms with Gasteiger partial charge < -0.3 is 5.32 Å². The molecule has 0 unspecified atom stereocenters. The van der Waals surface area contributed by atoms with E-state index in [-0.39, 0.29) is 11.9 Å². The van der Waals surface area contributed by atoms with Crippen LogP contribution in [-0.2, 0) is 14.8 Å². The lowest BCUT2D eigenvalue weighted by Crippen LogP contribution is -2.49. The topological polar surface area (TPSA) is 66.5 Å². The van der Waals surface area contributed by atoms with E-state index >= 15 is 0 Å². The Morgan fingerprint density at radius 3 is 2.21 bits per heavy atom. The molecule has 2 rings (SSSR count). The van der Waals surface area contributed by atoms with Crippen molar-refractivity contribution >= 4 is 33.2 Å². The van der Waals surface area contributed by atoms with Crippen molar-refractivity contribution < 1.29 is 13.2 Å². The van der Waals surface area contributed by atoms with E-state index in [1.807, 2.05) is 45.9 Å². The molecule has 0 fully saturated rings. The van der Waals surface area contributed by atoms with Crippen molar-refractivity contribution in [1.82, 2.24) is 5.32 Å². The lowest BCUT2D eigenvalue weighted by atomic mass is 10.0. The Labute approximate surface area is 179 Å². The Kier molecular flexibility index (Phi) is 7.35. The summed E-state index contributed by atoms with van der Waals surface area (Å²) in [5.74, 6) is -0.347. The summed E-state index contributed by atoms with van der Waals surface area (Å²) in [6.45, 7) is 9.58. The van der Waals surface area contributed by atoms with E-state index in [1.165, 1.54) is 5.56 Å². The van der Waals surface area contributed by atoms with Crippen LogP contribution in [0.5, 0.6) is 0 Å². The molecule has 1 N–H and O–H groups in total. The summed E-state index contributed by atoms with van der Waals surface area (Å²) in [5.41, 5.74) is 4.51. The Bertz CT molecular complexity index is 1010. The van der Waals surface area contributed by atoms with Gasteiger partial charge >= 0.3 is 0 Å². The number of aryl methyl sites for hydroxylation is 3. The van der Waals surface area contributed by atoms with Gasteiger partial charge in [-0.25, -0.2) is 8.42 Å². The molecule has 0 saturated carbocycles. The number of carbonyl (C=O) groups excluding carboxylic acids is 1. The molecule has 2 atom stereocenters. The fraction of sp³-hybridized carbons (Fsp3) is 0.409. The van der Waals surface area contributed by atoms with E-state index in [1.54, 1.807) is 25.1 Å². The number of amides is 1. The molecular weight excluding hydrogens is 408 g/mol. The molecule has 7 heteroatoms. The summed E-state index contributed by atoms with van der Waals surface area (Å²) in [5, 5.41) is 3.42. The molecule has 0 aliphatic rings. The number of sulfonamides is 1. The zero-order valence-corrected chi connectivity index (χ0v) is 19.4. The number of carbonyl (C=O) groups is 1. The molecule has 5 nitrogen and oxygen atoms in total. The van der Waals surface area contributed by atoms with Crippen LogP contribution in [0.3, 0.4) is 0 Å². The smallest absolute Gasteiger partial charge is 0.244 e. The standard InChI is InChI=1S/C22H29ClN2O3S/c1-7-21(22(26)24-17(5)18-10-8-14(2)16(4)12-18)25(29(6,27)28)19-11-9-15(3)20(23)13-19/h8-13,17,21H,7H2,1-6H3,(H,24,26)/t17-,21+/m1/s1. The van der Waals surface area contributed by atoms with Gasteiger partial charge in [-0.15, -0.1) is 0 Å². The lowest BCUT2D eigenvalue weighted by molar-refractivity contribution is -0.122. The number of nitrogens with one attached hydrogen (secondary N) is 1. The number of hydrogen-bond donors (Lipinski definition) is 1. The summed E-state index contributed by atoms with van der Waals surface area (Å²) in [7, 11) is -3.70. The van der Waals surface area contributed by atoms with Crippen LogP contribution in [0.25, 0.3) is 0 Å². The van der Waals surface area contributed by atoms with Crippen molar-refractivity contribution in [2.75, 3.05) is 10.6 Å². The first-order chi connectivity index (χ1) is 13.5. The van der Waals surface area contributed by atoms with E-state index in [0.717, 1.165) is 27.3 Å². The van der Waals surface area contributed by atoms with Crippen molar-refractivity contribution in [3.05, 3.63) is 63.7 Å². The van der Waals surface area contributed by atoms with Crippen molar-refractivity contribution in [2.24, 2.45) is 0 Å². The predicted octanol–water partition coefficient (Wildman–Crippen LogP) is 4.69. The summed E-state index contributed by atoms with van der Waals surface area (Å²) in [4.78, 5) is 13.1. The van der Waals surface area contributed by atoms with Crippen LogP contribution in [-0.4, -0.2) is 26.6 Å². The second kappa shape index (κ2) is 9.18. The molecule has 158 valence electrons. The van der Waals surface area contributed by atoms with Gasteiger partial charge in [-0.05, 0) is 68.5 Å². The van der Waals surface area contributed by atoms with Gasteiger partial charge in [0, 0.05) is 5.02 Å². The van der Waals surface area contributed by atoms with Gasteiger partial charge in [0.1, 0.15) is 6.04 Å². The molecule has 0 bridgehead atoms. The highest BCUT2D eigenvalue weighted by molar-refractivity contribution is 7.92. The maximum atomic E-state index is 13.1. The van der Waals surface area contributed by atoms with Crippen LogP contribution in [0.1, 0.15) is 48.6 Å². The maximum Gasteiger partial charge on any atom is 0.244 e. The van der Waals surface area contributed by atoms with Crippen LogP contribution in [0.2, 0.25) is 5.02 Å². The highest BCUT2D eigenvalue weighted by Crippen LogP contribution is 2.28. The highest BCUT2D eigenvalue weighted by Gasteiger charge is 2.32. The van der Waals surface area contributed by atoms with E-state index in [0.29, 0.717) is 17.1 Å². The second-order valence-electron chi connectivity index (χ2n) is 7.49. The minimum Gasteiger partial charge on any atom is -0.348 e. The third-order valence-electron chi connectivity index (χ3n) is 5.13. The zero-order chi connectivity index (χ0) is 21.9. The lowest BCUT2D eigenvalue weighted by Gasteiger charge is -2.31.